The van der Waals surface area contributed by atoms with Crippen molar-refractivity contribution in [3.8, 4) is 0 Å². The lowest BCUT2D eigenvalue weighted by molar-refractivity contribution is -0.129. The summed E-state index contributed by atoms with van der Waals surface area (Å²) in [6, 6.07) is 0.0153. The van der Waals surface area contributed by atoms with Gasteiger partial charge < -0.3 is 15.4 Å². The maximum absolute atomic E-state index is 11.2. The van der Waals surface area contributed by atoms with Crippen LogP contribution in [0.15, 0.2) is 0 Å². The van der Waals surface area contributed by atoms with Crippen LogP contribution in [0.5, 0.6) is 0 Å². The van der Waals surface area contributed by atoms with Gasteiger partial charge in [-0.25, -0.2) is 0 Å². The molecule has 2 N–H and O–H groups in total. The number of hydrogen-bond acceptors (Lipinski definition) is 3. The molecule has 0 aliphatic carbocycles. The van der Waals surface area contributed by atoms with Crippen molar-refractivity contribution in [2.75, 3.05) is 20.2 Å². The van der Waals surface area contributed by atoms with Crippen LogP contribution in [0.3, 0.4) is 0 Å². The Morgan fingerprint density at radius 2 is 2.50 bits per heavy atom. The average Bonchev–Trinajstić information content (AvgIpc) is 2.30. The lowest BCUT2D eigenvalue weighted by atomic mass is 10.3. The molecule has 1 fully saturated rings. The van der Waals surface area contributed by atoms with Crippen LogP contribution in [0, 0.1) is 0 Å². The van der Waals surface area contributed by atoms with E-state index in [1.54, 1.807) is 12.0 Å². The second-order valence-electron chi connectivity index (χ2n) is 3.31. The van der Waals surface area contributed by atoms with Gasteiger partial charge in [0.25, 0.3) is 0 Å². The van der Waals surface area contributed by atoms with Gasteiger partial charge in [0.05, 0.1) is 6.10 Å². The molecule has 70 valence electrons. The average molecular weight is 172 g/mol. The summed E-state index contributed by atoms with van der Waals surface area (Å²) < 4.78 is 5.06. The van der Waals surface area contributed by atoms with Crippen molar-refractivity contribution >= 4 is 5.91 Å². The molecule has 0 aromatic carbocycles. The van der Waals surface area contributed by atoms with Crippen LogP contribution in [0.25, 0.3) is 0 Å². The number of carbonyl (C=O) groups is 1. The number of methoxy groups -OCH3 is 1. The lowest BCUT2D eigenvalue weighted by Gasteiger charge is -2.19. The summed E-state index contributed by atoms with van der Waals surface area (Å²) in [6.45, 7) is 3.27. The summed E-state index contributed by atoms with van der Waals surface area (Å²) in [4.78, 5) is 13.0. The van der Waals surface area contributed by atoms with Crippen molar-refractivity contribution in [1.82, 2.24) is 4.90 Å². The predicted molar refractivity (Wildman–Crippen MR) is 45.6 cm³/mol. The minimum absolute atomic E-state index is 0.0153. The number of carbonyl (C=O) groups excluding carboxylic acids is 1. The van der Waals surface area contributed by atoms with Crippen molar-refractivity contribution < 1.29 is 9.53 Å². The summed E-state index contributed by atoms with van der Waals surface area (Å²) in [5.74, 6) is 0.145. The standard InChI is InChI=1S/C8H16N2O2/c1-6(12-2)4-10-5-7(9)3-8(10)11/h6-7H,3-5,9H2,1-2H3. The number of amides is 1. The molecule has 0 saturated carbocycles. The van der Waals surface area contributed by atoms with Gasteiger partial charge in [-0.1, -0.05) is 0 Å². The van der Waals surface area contributed by atoms with Gasteiger partial charge in [0.1, 0.15) is 0 Å². The van der Waals surface area contributed by atoms with Gasteiger partial charge in [0.15, 0.2) is 0 Å². The van der Waals surface area contributed by atoms with Gasteiger partial charge in [-0.3, -0.25) is 4.79 Å². The Morgan fingerprint density at radius 3 is 2.92 bits per heavy atom. The summed E-state index contributed by atoms with van der Waals surface area (Å²) >= 11 is 0. The fraction of sp³-hybridized carbons (Fsp3) is 0.875. The van der Waals surface area contributed by atoms with E-state index in [1.165, 1.54) is 0 Å². The van der Waals surface area contributed by atoms with E-state index in [1.807, 2.05) is 6.92 Å². The number of nitrogens with two attached hydrogens (primary N) is 1. The molecule has 1 heterocycles. The quantitative estimate of drug-likeness (QED) is 0.629. The molecule has 0 radical (unpaired) electrons. The van der Waals surface area contributed by atoms with Crippen LogP contribution in [-0.2, 0) is 9.53 Å². The first kappa shape index (κ1) is 9.48. The van der Waals surface area contributed by atoms with Crippen molar-refractivity contribution in [3.63, 3.8) is 0 Å². The van der Waals surface area contributed by atoms with Gasteiger partial charge in [-0.2, -0.15) is 0 Å². The largest absolute Gasteiger partial charge is 0.380 e. The number of hydrogen-bond donors (Lipinski definition) is 1. The highest BCUT2D eigenvalue weighted by Crippen LogP contribution is 2.09. The molecular weight excluding hydrogens is 156 g/mol. The van der Waals surface area contributed by atoms with E-state index in [4.69, 9.17) is 10.5 Å². The molecule has 12 heavy (non-hydrogen) atoms. The third kappa shape index (κ3) is 2.19. The molecule has 2 atom stereocenters. The third-order valence-electron chi connectivity index (χ3n) is 2.12. The van der Waals surface area contributed by atoms with Crippen molar-refractivity contribution in [1.29, 1.82) is 0 Å². The zero-order valence-corrected chi connectivity index (χ0v) is 7.62. The van der Waals surface area contributed by atoms with E-state index >= 15 is 0 Å². The molecule has 4 nitrogen and oxygen atoms in total. The third-order valence-corrected chi connectivity index (χ3v) is 2.12. The maximum atomic E-state index is 11.2. The minimum Gasteiger partial charge on any atom is -0.380 e. The molecule has 2 unspecified atom stereocenters. The van der Waals surface area contributed by atoms with E-state index in [0.29, 0.717) is 19.5 Å². The monoisotopic (exact) mass is 172 g/mol. The van der Waals surface area contributed by atoms with E-state index in [-0.39, 0.29) is 18.1 Å². The van der Waals surface area contributed by atoms with Crippen LogP contribution in [0.2, 0.25) is 0 Å². The van der Waals surface area contributed by atoms with Crippen LogP contribution < -0.4 is 5.73 Å². The highest BCUT2D eigenvalue weighted by molar-refractivity contribution is 5.79. The Balaban J connectivity index is 2.37. The van der Waals surface area contributed by atoms with Gasteiger partial charge in [-0.15, -0.1) is 0 Å². The first-order valence-electron chi connectivity index (χ1n) is 4.19. The zero-order valence-electron chi connectivity index (χ0n) is 7.62. The van der Waals surface area contributed by atoms with E-state index in [9.17, 15) is 4.79 Å². The van der Waals surface area contributed by atoms with Gasteiger partial charge in [-0.05, 0) is 6.92 Å². The molecule has 0 aromatic rings. The number of nitrogens with zero attached hydrogens (tertiary/aromatic N) is 1. The first-order valence-corrected chi connectivity index (χ1v) is 4.19. The summed E-state index contributed by atoms with van der Waals surface area (Å²) in [6.07, 6.45) is 0.579. The van der Waals surface area contributed by atoms with Crippen LogP contribution in [0.4, 0.5) is 0 Å². The normalized spacial score (nSPS) is 26.4. The van der Waals surface area contributed by atoms with Crippen molar-refractivity contribution in [3.05, 3.63) is 0 Å². The molecule has 0 bridgehead atoms. The van der Waals surface area contributed by atoms with E-state index in [0.717, 1.165) is 0 Å². The Kier molecular flexibility index (Phi) is 3.05. The smallest absolute Gasteiger partial charge is 0.224 e. The molecule has 1 amide bonds. The molecule has 1 aliphatic rings. The molecule has 0 spiro atoms. The summed E-state index contributed by atoms with van der Waals surface area (Å²) in [5, 5.41) is 0. The zero-order chi connectivity index (χ0) is 9.14. The molecule has 1 rings (SSSR count). The van der Waals surface area contributed by atoms with Crippen LogP contribution >= 0.6 is 0 Å². The van der Waals surface area contributed by atoms with E-state index in [2.05, 4.69) is 0 Å². The minimum atomic E-state index is 0.0153. The Labute approximate surface area is 72.7 Å². The Bertz CT molecular complexity index is 172. The Morgan fingerprint density at radius 1 is 1.83 bits per heavy atom. The molecule has 0 aromatic heterocycles. The fourth-order valence-corrected chi connectivity index (χ4v) is 1.36. The maximum Gasteiger partial charge on any atom is 0.224 e. The molecular formula is C8H16N2O2. The summed E-state index contributed by atoms with van der Waals surface area (Å²) in [7, 11) is 1.64. The first-order chi connectivity index (χ1) is 5.63. The van der Waals surface area contributed by atoms with Crippen LogP contribution in [0.1, 0.15) is 13.3 Å². The van der Waals surface area contributed by atoms with Gasteiger partial charge in [0, 0.05) is 32.7 Å². The van der Waals surface area contributed by atoms with Crippen molar-refractivity contribution in [2.45, 2.75) is 25.5 Å². The number of rotatable bonds is 3. The molecule has 1 aliphatic heterocycles. The second kappa shape index (κ2) is 3.87. The number of ether oxygens (including phenoxy) is 1. The van der Waals surface area contributed by atoms with Gasteiger partial charge >= 0.3 is 0 Å². The highest BCUT2D eigenvalue weighted by Gasteiger charge is 2.27. The highest BCUT2D eigenvalue weighted by atomic mass is 16.5. The van der Waals surface area contributed by atoms with Crippen LogP contribution in [-0.4, -0.2) is 43.2 Å². The molecule has 4 heteroatoms. The lowest BCUT2D eigenvalue weighted by Crippen LogP contribution is -2.34. The van der Waals surface area contributed by atoms with E-state index < -0.39 is 0 Å². The topological polar surface area (TPSA) is 55.6 Å². The SMILES string of the molecule is COC(C)CN1CC(N)CC1=O. The Hall–Kier alpha value is -0.610. The fourth-order valence-electron chi connectivity index (χ4n) is 1.36. The van der Waals surface area contributed by atoms with Gasteiger partial charge in [0.2, 0.25) is 5.91 Å². The predicted octanol–water partition coefficient (Wildman–Crippen LogP) is -0.419. The summed E-state index contributed by atoms with van der Waals surface area (Å²) in [5.41, 5.74) is 5.63. The molecule has 1 saturated heterocycles. The second-order valence-corrected chi connectivity index (χ2v) is 3.31. The number of likely N-dealkylation sites (tertiary alicyclic amines) is 1. The van der Waals surface area contributed by atoms with Crippen molar-refractivity contribution in [2.24, 2.45) is 5.73 Å².